The van der Waals surface area contributed by atoms with Crippen molar-refractivity contribution in [3.05, 3.63) is 35.9 Å². The molecular formula is C10H6O3. The summed E-state index contributed by atoms with van der Waals surface area (Å²) in [4.78, 5) is 32.7. The van der Waals surface area contributed by atoms with E-state index in [4.69, 9.17) is 0 Å². The molecule has 0 radical (unpaired) electrons. The first kappa shape index (κ1) is 7.86. The van der Waals surface area contributed by atoms with E-state index in [0.717, 1.165) is 0 Å². The van der Waals surface area contributed by atoms with Crippen LogP contribution in [-0.2, 0) is 14.4 Å². The lowest BCUT2D eigenvalue weighted by atomic mass is 9.76. The van der Waals surface area contributed by atoms with E-state index in [-0.39, 0.29) is 0 Å². The molecule has 0 saturated heterocycles. The molecule has 0 aliphatic heterocycles. The van der Waals surface area contributed by atoms with Crippen molar-refractivity contribution in [2.75, 3.05) is 0 Å². The van der Waals surface area contributed by atoms with Crippen molar-refractivity contribution in [1.29, 1.82) is 0 Å². The summed E-state index contributed by atoms with van der Waals surface area (Å²) in [6, 6.07) is 8.61. The summed E-state index contributed by atoms with van der Waals surface area (Å²) in [5.41, 5.74) is 0.608. The van der Waals surface area contributed by atoms with Crippen LogP contribution in [0.2, 0.25) is 0 Å². The number of ketones is 3. The van der Waals surface area contributed by atoms with E-state index in [1.165, 1.54) is 0 Å². The van der Waals surface area contributed by atoms with Crippen LogP contribution in [0.4, 0.5) is 0 Å². The second-order valence-corrected chi connectivity index (χ2v) is 2.90. The molecule has 13 heavy (non-hydrogen) atoms. The Balaban J connectivity index is 2.35. The molecule has 1 aliphatic rings. The largest absolute Gasteiger partial charge is 0.289 e. The van der Waals surface area contributed by atoms with Crippen LogP contribution in [0.25, 0.3) is 0 Å². The molecule has 64 valence electrons. The second-order valence-electron chi connectivity index (χ2n) is 2.90. The summed E-state index contributed by atoms with van der Waals surface area (Å²) in [7, 11) is 0. The quantitative estimate of drug-likeness (QED) is 0.460. The van der Waals surface area contributed by atoms with Crippen molar-refractivity contribution in [2.24, 2.45) is 0 Å². The van der Waals surface area contributed by atoms with Crippen LogP contribution in [0.3, 0.4) is 0 Å². The van der Waals surface area contributed by atoms with Crippen LogP contribution < -0.4 is 0 Å². The van der Waals surface area contributed by atoms with E-state index in [2.05, 4.69) is 0 Å². The molecule has 0 unspecified atom stereocenters. The molecule has 0 bridgehead atoms. The molecule has 0 aromatic heterocycles. The SMILES string of the molecule is O=C1C(=O)C(c2ccccc2)C1=O. The zero-order valence-corrected chi connectivity index (χ0v) is 6.69. The average molecular weight is 174 g/mol. The summed E-state index contributed by atoms with van der Waals surface area (Å²) in [5.74, 6) is -2.87. The summed E-state index contributed by atoms with van der Waals surface area (Å²) in [5, 5.41) is 0. The molecule has 3 nitrogen and oxygen atoms in total. The van der Waals surface area contributed by atoms with Gasteiger partial charge in [-0.1, -0.05) is 30.3 Å². The lowest BCUT2D eigenvalue weighted by molar-refractivity contribution is -0.153. The Hall–Kier alpha value is -1.77. The van der Waals surface area contributed by atoms with Crippen LogP contribution in [0.5, 0.6) is 0 Å². The lowest BCUT2D eigenvalue weighted by Gasteiger charge is -2.20. The van der Waals surface area contributed by atoms with Gasteiger partial charge in [-0.3, -0.25) is 14.4 Å². The van der Waals surface area contributed by atoms with Crippen LogP contribution >= 0.6 is 0 Å². The molecule has 0 atom stereocenters. The predicted octanol–water partition coefficient (Wildman–Crippen LogP) is 0.491. The number of hydrogen-bond donors (Lipinski definition) is 0. The number of hydrogen-bond acceptors (Lipinski definition) is 3. The third-order valence-corrected chi connectivity index (χ3v) is 2.10. The normalized spacial score (nSPS) is 17.4. The number of rotatable bonds is 1. The number of carbonyl (C=O) groups excluding carboxylic acids is 3. The fourth-order valence-electron chi connectivity index (χ4n) is 1.37. The maximum atomic E-state index is 11.0. The maximum absolute atomic E-state index is 11.0. The maximum Gasteiger partial charge on any atom is 0.266 e. The molecule has 0 heterocycles. The van der Waals surface area contributed by atoms with Crippen molar-refractivity contribution in [2.45, 2.75) is 5.92 Å². The van der Waals surface area contributed by atoms with Crippen LogP contribution in [-0.4, -0.2) is 17.3 Å². The minimum absolute atomic E-state index is 0.587. The first-order valence-corrected chi connectivity index (χ1v) is 3.89. The van der Waals surface area contributed by atoms with Crippen molar-refractivity contribution >= 4 is 17.3 Å². The predicted molar refractivity (Wildman–Crippen MR) is 44.2 cm³/mol. The Morgan fingerprint density at radius 3 is 1.92 bits per heavy atom. The third-order valence-electron chi connectivity index (χ3n) is 2.10. The fraction of sp³-hybridized carbons (Fsp3) is 0.100. The molecule has 0 N–H and O–H groups in total. The van der Waals surface area contributed by atoms with E-state index >= 15 is 0 Å². The smallest absolute Gasteiger partial charge is 0.266 e. The van der Waals surface area contributed by atoms with Crippen molar-refractivity contribution < 1.29 is 14.4 Å². The van der Waals surface area contributed by atoms with Gasteiger partial charge in [0.2, 0.25) is 11.6 Å². The Morgan fingerprint density at radius 2 is 1.38 bits per heavy atom. The zero-order chi connectivity index (χ0) is 9.42. The molecular weight excluding hydrogens is 168 g/mol. The summed E-state index contributed by atoms with van der Waals surface area (Å²) in [6.07, 6.45) is 0. The molecule has 2 rings (SSSR count). The molecule has 1 aliphatic carbocycles. The molecule has 0 amide bonds. The number of Topliss-reactive ketones (excluding diaryl/α,β-unsaturated/α-hetero) is 3. The van der Waals surface area contributed by atoms with Gasteiger partial charge >= 0.3 is 0 Å². The van der Waals surface area contributed by atoms with Gasteiger partial charge in [0.05, 0.1) is 0 Å². The van der Waals surface area contributed by atoms with Gasteiger partial charge in [0.1, 0.15) is 5.92 Å². The molecule has 1 fully saturated rings. The van der Waals surface area contributed by atoms with Gasteiger partial charge in [0.25, 0.3) is 5.78 Å². The monoisotopic (exact) mass is 174 g/mol. The Bertz CT molecular complexity index is 374. The average Bonchev–Trinajstić information content (AvgIpc) is 2.19. The van der Waals surface area contributed by atoms with Gasteiger partial charge in [-0.05, 0) is 5.56 Å². The third kappa shape index (κ3) is 1.01. The van der Waals surface area contributed by atoms with E-state index in [1.54, 1.807) is 30.3 Å². The highest BCUT2D eigenvalue weighted by Crippen LogP contribution is 2.26. The van der Waals surface area contributed by atoms with E-state index in [1.807, 2.05) is 0 Å². The Labute approximate surface area is 74.4 Å². The number of carbonyl (C=O) groups is 3. The molecule has 0 spiro atoms. The van der Waals surface area contributed by atoms with Gasteiger partial charge in [0, 0.05) is 0 Å². The zero-order valence-electron chi connectivity index (χ0n) is 6.69. The Kier molecular flexibility index (Phi) is 1.59. The summed E-state index contributed by atoms with van der Waals surface area (Å²) < 4.78 is 0. The topological polar surface area (TPSA) is 51.2 Å². The van der Waals surface area contributed by atoms with Gasteiger partial charge in [-0.25, -0.2) is 0 Å². The fourth-order valence-corrected chi connectivity index (χ4v) is 1.37. The standard InChI is InChI=1S/C10H6O3/c11-8-7(9(12)10(8)13)6-4-2-1-3-5-6/h1-5,7H. The second kappa shape index (κ2) is 2.62. The van der Waals surface area contributed by atoms with Gasteiger partial charge in [-0.15, -0.1) is 0 Å². The van der Waals surface area contributed by atoms with Crippen LogP contribution in [0.15, 0.2) is 30.3 Å². The molecule has 1 aromatic rings. The van der Waals surface area contributed by atoms with Crippen molar-refractivity contribution in [3.63, 3.8) is 0 Å². The van der Waals surface area contributed by atoms with Gasteiger partial charge < -0.3 is 0 Å². The van der Waals surface area contributed by atoms with Gasteiger partial charge in [-0.2, -0.15) is 0 Å². The van der Waals surface area contributed by atoms with E-state index in [0.29, 0.717) is 5.56 Å². The highest BCUT2D eigenvalue weighted by molar-refractivity contribution is 6.78. The minimum Gasteiger partial charge on any atom is -0.289 e. The molecule has 1 aromatic carbocycles. The van der Waals surface area contributed by atoms with Crippen LogP contribution in [0.1, 0.15) is 11.5 Å². The summed E-state index contributed by atoms with van der Waals surface area (Å²) in [6.45, 7) is 0. The lowest BCUT2D eigenvalue weighted by Crippen LogP contribution is -2.46. The van der Waals surface area contributed by atoms with E-state index < -0.39 is 23.3 Å². The first-order valence-electron chi connectivity index (χ1n) is 3.89. The van der Waals surface area contributed by atoms with Crippen LogP contribution in [0, 0.1) is 0 Å². The van der Waals surface area contributed by atoms with E-state index in [9.17, 15) is 14.4 Å². The first-order chi connectivity index (χ1) is 6.22. The highest BCUT2D eigenvalue weighted by Gasteiger charge is 2.48. The highest BCUT2D eigenvalue weighted by atomic mass is 16.2. The molecule has 1 saturated carbocycles. The number of benzene rings is 1. The summed E-state index contributed by atoms with van der Waals surface area (Å²) >= 11 is 0. The van der Waals surface area contributed by atoms with Crippen molar-refractivity contribution in [1.82, 2.24) is 0 Å². The molecule has 3 heteroatoms. The minimum atomic E-state index is -0.867. The Morgan fingerprint density at radius 1 is 0.846 bits per heavy atom. The van der Waals surface area contributed by atoms with Crippen molar-refractivity contribution in [3.8, 4) is 0 Å². The van der Waals surface area contributed by atoms with Gasteiger partial charge in [0.15, 0.2) is 0 Å².